The van der Waals surface area contributed by atoms with E-state index in [0.29, 0.717) is 6.42 Å². The van der Waals surface area contributed by atoms with Gasteiger partial charge in [-0.05, 0) is 47.2 Å². The Balaban J connectivity index is 4.70. The maximum Gasteiger partial charge on any atom is 0.309 e. The molecule has 0 aromatic heterocycles. The zero-order valence-corrected chi connectivity index (χ0v) is 10.7. The number of allylic oxidation sites excluding steroid dienone is 1. The highest BCUT2D eigenvalue weighted by Crippen LogP contribution is 2.31. The van der Waals surface area contributed by atoms with Crippen LogP contribution in [0.15, 0.2) is 12.3 Å². The number of nitrogens with zero attached hydrogens (tertiary/aromatic N) is 1. The molecule has 15 heavy (non-hydrogen) atoms. The lowest BCUT2D eigenvalue weighted by atomic mass is 9.79. The average molecular weight is 213 g/mol. The van der Waals surface area contributed by atoms with Crippen LogP contribution < -0.4 is 0 Å². The summed E-state index contributed by atoms with van der Waals surface area (Å²) in [6.45, 7) is 9.59. The second-order valence-corrected chi connectivity index (χ2v) is 5.27. The summed E-state index contributed by atoms with van der Waals surface area (Å²) in [7, 11) is 1.97. The second kappa shape index (κ2) is 4.69. The minimum atomic E-state index is -0.746. The Morgan fingerprint density at radius 2 is 1.80 bits per heavy atom. The topological polar surface area (TPSA) is 40.5 Å². The van der Waals surface area contributed by atoms with Crippen LogP contribution in [0, 0.1) is 5.41 Å². The Labute approximate surface area is 92.8 Å². The molecule has 0 heterocycles. The highest BCUT2D eigenvalue weighted by atomic mass is 16.4. The molecule has 0 aliphatic heterocycles. The quantitative estimate of drug-likeness (QED) is 0.763. The van der Waals surface area contributed by atoms with Gasteiger partial charge in [0.25, 0.3) is 0 Å². The fraction of sp³-hybridized carbons (Fsp3) is 0.750. The van der Waals surface area contributed by atoms with Crippen molar-refractivity contribution in [3.05, 3.63) is 12.3 Å². The van der Waals surface area contributed by atoms with Crippen LogP contribution in [-0.2, 0) is 4.79 Å². The van der Waals surface area contributed by atoms with Crippen molar-refractivity contribution in [2.75, 3.05) is 7.05 Å². The number of carboxylic acid groups (broad SMARTS) is 1. The van der Waals surface area contributed by atoms with Crippen molar-refractivity contribution in [3.8, 4) is 0 Å². The summed E-state index contributed by atoms with van der Waals surface area (Å²) >= 11 is 0. The highest BCUT2D eigenvalue weighted by molar-refractivity contribution is 5.73. The lowest BCUT2D eigenvalue weighted by molar-refractivity contribution is -0.148. The van der Waals surface area contributed by atoms with E-state index in [1.54, 1.807) is 13.8 Å². The van der Waals surface area contributed by atoms with E-state index in [-0.39, 0.29) is 5.54 Å². The van der Waals surface area contributed by atoms with Crippen molar-refractivity contribution in [1.82, 2.24) is 4.90 Å². The van der Waals surface area contributed by atoms with E-state index >= 15 is 0 Å². The normalized spacial score (nSPS) is 13.2. The maximum absolute atomic E-state index is 11.0. The SMILES string of the molecule is CC=CN(C)C(C)(C)CC(C)(C)C(=O)O. The van der Waals surface area contributed by atoms with Crippen molar-refractivity contribution in [3.63, 3.8) is 0 Å². The number of hydrogen-bond acceptors (Lipinski definition) is 2. The Kier molecular flexibility index (Phi) is 4.38. The molecule has 0 atom stereocenters. The summed E-state index contributed by atoms with van der Waals surface area (Å²) in [4.78, 5) is 13.1. The van der Waals surface area contributed by atoms with E-state index in [1.165, 1.54) is 0 Å². The molecule has 0 bridgehead atoms. The van der Waals surface area contributed by atoms with E-state index in [9.17, 15) is 4.79 Å². The van der Waals surface area contributed by atoms with E-state index in [2.05, 4.69) is 18.7 Å². The van der Waals surface area contributed by atoms with Gasteiger partial charge in [-0.15, -0.1) is 0 Å². The number of carbonyl (C=O) groups is 1. The van der Waals surface area contributed by atoms with Gasteiger partial charge in [0.05, 0.1) is 5.41 Å². The Morgan fingerprint density at radius 1 is 1.33 bits per heavy atom. The number of carboxylic acids is 1. The molecule has 0 unspecified atom stereocenters. The molecule has 0 radical (unpaired) electrons. The third-order valence-corrected chi connectivity index (χ3v) is 2.78. The average Bonchev–Trinajstić information content (AvgIpc) is 2.02. The highest BCUT2D eigenvalue weighted by Gasteiger charge is 2.35. The molecule has 0 aliphatic carbocycles. The van der Waals surface area contributed by atoms with E-state index in [4.69, 9.17) is 5.11 Å². The standard InChI is InChI=1S/C12H23NO2/c1-7-8-13(6)12(4,5)9-11(2,3)10(14)15/h7-8H,9H2,1-6H3,(H,14,15). The summed E-state index contributed by atoms with van der Waals surface area (Å²) < 4.78 is 0. The van der Waals surface area contributed by atoms with Crippen molar-refractivity contribution in [1.29, 1.82) is 0 Å². The number of hydrogen-bond donors (Lipinski definition) is 1. The Morgan fingerprint density at radius 3 is 2.13 bits per heavy atom. The first kappa shape index (κ1) is 14.0. The molecule has 0 fully saturated rings. The first-order chi connectivity index (χ1) is 6.63. The minimum absolute atomic E-state index is 0.158. The van der Waals surface area contributed by atoms with Gasteiger partial charge in [-0.2, -0.15) is 0 Å². The van der Waals surface area contributed by atoms with Crippen LogP contribution in [0.5, 0.6) is 0 Å². The molecule has 0 saturated heterocycles. The van der Waals surface area contributed by atoms with Crippen molar-refractivity contribution in [2.45, 2.75) is 46.6 Å². The van der Waals surface area contributed by atoms with Gasteiger partial charge in [0.15, 0.2) is 0 Å². The third kappa shape index (κ3) is 3.94. The number of aliphatic carboxylic acids is 1. The van der Waals surface area contributed by atoms with Gasteiger partial charge in [0.1, 0.15) is 0 Å². The van der Waals surface area contributed by atoms with E-state index in [1.807, 2.05) is 26.2 Å². The molecule has 1 N–H and O–H groups in total. The Hall–Kier alpha value is -0.990. The predicted octanol–water partition coefficient (Wildman–Crippen LogP) is 2.73. The molecular formula is C12H23NO2. The van der Waals surface area contributed by atoms with Gasteiger partial charge in [0, 0.05) is 12.6 Å². The molecular weight excluding hydrogens is 190 g/mol. The monoisotopic (exact) mass is 213 g/mol. The molecule has 0 aromatic rings. The van der Waals surface area contributed by atoms with Crippen LogP contribution in [-0.4, -0.2) is 28.6 Å². The largest absolute Gasteiger partial charge is 0.481 e. The van der Waals surface area contributed by atoms with Crippen LogP contribution >= 0.6 is 0 Å². The van der Waals surface area contributed by atoms with Crippen molar-refractivity contribution >= 4 is 5.97 Å². The van der Waals surface area contributed by atoms with Gasteiger partial charge < -0.3 is 10.0 Å². The molecule has 0 aromatic carbocycles. The fourth-order valence-corrected chi connectivity index (χ4v) is 1.71. The van der Waals surface area contributed by atoms with Gasteiger partial charge in [-0.1, -0.05) is 6.08 Å². The van der Waals surface area contributed by atoms with Crippen LogP contribution in [0.3, 0.4) is 0 Å². The number of rotatable bonds is 5. The van der Waals surface area contributed by atoms with Gasteiger partial charge in [-0.25, -0.2) is 0 Å². The van der Waals surface area contributed by atoms with Gasteiger partial charge >= 0.3 is 5.97 Å². The minimum Gasteiger partial charge on any atom is -0.481 e. The predicted molar refractivity (Wildman–Crippen MR) is 62.7 cm³/mol. The fourth-order valence-electron chi connectivity index (χ4n) is 1.71. The molecule has 0 saturated carbocycles. The zero-order chi connectivity index (χ0) is 12.3. The molecule has 0 rings (SSSR count). The summed E-state index contributed by atoms with van der Waals surface area (Å²) in [5.74, 6) is -0.746. The van der Waals surface area contributed by atoms with Crippen LogP contribution in [0.2, 0.25) is 0 Å². The third-order valence-electron chi connectivity index (χ3n) is 2.78. The summed E-state index contributed by atoms with van der Waals surface area (Å²) in [6, 6.07) is 0. The molecule has 0 spiro atoms. The zero-order valence-electron chi connectivity index (χ0n) is 10.7. The van der Waals surface area contributed by atoms with Gasteiger partial charge in [0.2, 0.25) is 0 Å². The Bertz CT molecular complexity index is 254. The summed E-state index contributed by atoms with van der Waals surface area (Å²) in [5, 5.41) is 9.08. The van der Waals surface area contributed by atoms with E-state index in [0.717, 1.165) is 0 Å². The first-order valence-corrected chi connectivity index (χ1v) is 5.22. The molecule has 88 valence electrons. The molecule has 0 aliphatic rings. The second-order valence-electron chi connectivity index (χ2n) is 5.27. The first-order valence-electron chi connectivity index (χ1n) is 5.22. The maximum atomic E-state index is 11.0. The molecule has 3 heteroatoms. The van der Waals surface area contributed by atoms with Crippen molar-refractivity contribution in [2.24, 2.45) is 5.41 Å². The van der Waals surface area contributed by atoms with Crippen molar-refractivity contribution < 1.29 is 9.90 Å². The van der Waals surface area contributed by atoms with Crippen LogP contribution in [0.1, 0.15) is 41.0 Å². The smallest absolute Gasteiger partial charge is 0.309 e. The lowest BCUT2D eigenvalue weighted by Gasteiger charge is -2.39. The summed E-state index contributed by atoms with van der Waals surface area (Å²) in [5.41, 5.74) is -0.853. The lowest BCUT2D eigenvalue weighted by Crippen LogP contribution is -2.43. The molecule has 0 amide bonds. The molecule has 3 nitrogen and oxygen atoms in total. The van der Waals surface area contributed by atoms with Crippen LogP contribution in [0.4, 0.5) is 0 Å². The van der Waals surface area contributed by atoms with Gasteiger partial charge in [-0.3, -0.25) is 4.79 Å². The summed E-state index contributed by atoms with van der Waals surface area (Å²) in [6.07, 6.45) is 4.53. The van der Waals surface area contributed by atoms with Crippen LogP contribution in [0.25, 0.3) is 0 Å². The van der Waals surface area contributed by atoms with E-state index < -0.39 is 11.4 Å².